The Kier molecular flexibility index (Phi) is 4.10. The van der Waals surface area contributed by atoms with Crippen LogP contribution in [0.5, 0.6) is 0 Å². The molecule has 0 N–H and O–H groups in total. The molecule has 3 nitrogen and oxygen atoms in total. The molecule has 43 heavy (non-hydrogen) atoms. The largest absolute Gasteiger partial charge is 0.291 e. The number of thiophene rings is 2. The van der Waals surface area contributed by atoms with Crippen LogP contribution in [0, 0.1) is 0 Å². The van der Waals surface area contributed by atoms with E-state index >= 15 is 0 Å². The Morgan fingerprint density at radius 1 is 0.465 bits per heavy atom. The Balaban J connectivity index is 1.22. The van der Waals surface area contributed by atoms with Gasteiger partial charge in [0.1, 0.15) is 5.52 Å². The van der Waals surface area contributed by atoms with Gasteiger partial charge < -0.3 is 0 Å². The molecule has 11 aromatic rings. The maximum absolute atomic E-state index is 5.15. The predicted molar refractivity (Wildman–Crippen MR) is 185 cm³/mol. The van der Waals surface area contributed by atoms with Crippen molar-refractivity contribution in [2.45, 2.75) is 0 Å². The third-order valence-corrected chi connectivity index (χ3v) is 11.3. The Bertz CT molecular complexity index is 2960. The monoisotopic (exact) mass is 581 g/mol. The molecular weight excluding hydrogens is 563 g/mol. The van der Waals surface area contributed by atoms with Gasteiger partial charge in [-0.05, 0) is 53.6 Å². The lowest BCUT2D eigenvalue weighted by atomic mass is 10.00. The molecule has 5 heteroatoms. The molecule has 5 aromatic heterocycles. The summed E-state index contributed by atoms with van der Waals surface area (Å²) in [5.41, 5.74) is 8.68. The number of rotatable bonds is 1. The molecule has 0 unspecified atom stereocenters. The Labute approximate surface area is 252 Å². The summed E-state index contributed by atoms with van der Waals surface area (Å²) in [6.45, 7) is 0. The minimum atomic E-state index is 0.925. The lowest BCUT2D eigenvalue weighted by Crippen LogP contribution is -1.88. The Morgan fingerprint density at radius 3 is 1.98 bits per heavy atom. The van der Waals surface area contributed by atoms with Crippen LogP contribution in [0.4, 0.5) is 0 Å². The summed E-state index contributed by atoms with van der Waals surface area (Å²) < 4.78 is 7.62. The molecule has 0 aliphatic rings. The number of fused-ring (bicyclic) bond motifs is 14. The van der Waals surface area contributed by atoms with Crippen LogP contribution >= 0.6 is 22.7 Å². The molecular formula is C38H19N3S2. The van der Waals surface area contributed by atoms with Crippen LogP contribution in [-0.2, 0) is 0 Å². The number of hydrogen-bond acceptors (Lipinski definition) is 4. The van der Waals surface area contributed by atoms with Crippen molar-refractivity contribution in [2.24, 2.45) is 0 Å². The fraction of sp³-hybridized carbons (Fsp3) is 0. The summed E-state index contributed by atoms with van der Waals surface area (Å²) in [5, 5.41) is 9.06. The van der Waals surface area contributed by atoms with Crippen LogP contribution < -0.4 is 0 Å². The lowest BCUT2D eigenvalue weighted by molar-refractivity contribution is 1.28. The van der Waals surface area contributed by atoms with Crippen molar-refractivity contribution in [3.63, 3.8) is 0 Å². The Hall–Kier alpha value is -5.10. The van der Waals surface area contributed by atoms with E-state index in [1.165, 1.54) is 78.7 Å². The van der Waals surface area contributed by atoms with Gasteiger partial charge in [-0.2, -0.15) is 0 Å². The lowest BCUT2D eigenvalue weighted by Gasteiger charge is -2.03. The van der Waals surface area contributed by atoms with E-state index in [0.717, 1.165) is 22.2 Å². The summed E-state index contributed by atoms with van der Waals surface area (Å²) in [7, 11) is 0. The van der Waals surface area contributed by atoms with Gasteiger partial charge in [-0.3, -0.25) is 4.40 Å². The van der Waals surface area contributed by atoms with E-state index in [-0.39, 0.29) is 0 Å². The highest BCUT2D eigenvalue weighted by molar-refractivity contribution is 7.26. The average molecular weight is 582 g/mol. The van der Waals surface area contributed by atoms with Gasteiger partial charge in [0.15, 0.2) is 5.65 Å². The highest BCUT2D eigenvalue weighted by Crippen LogP contribution is 2.48. The minimum absolute atomic E-state index is 0.925. The molecule has 0 atom stereocenters. The standard InChI is InChI=1S/C38H19N3S2/c1-5-11-29-24(8-1)35-34-25-16-14-21(20-13-15-23-22-7-2-6-12-30(22)42-31(23)17-20)18-32(25)43-33(34)19-26-36-38(41(29)37(26)35)40-28-10-4-3-9-27(28)39-36/h1-19H. The van der Waals surface area contributed by atoms with Gasteiger partial charge in [-0.1, -0.05) is 72.8 Å². The molecule has 0 fully saturated rings. The van der Waals surface area contributed by atoms with Crippen molar-refractivity contribution in [3.05, 3.63) is 115 Å². The topological polar surface area (TPSA) is 30.2 Å². The zero-order valence-electron chi connectivity index (χ0n) is 22.6. The molecule has 0 aliphatic heterocycles. The first kappa shape index (κ1) is 22.5. The van der Waals surface area contributed by atoms with Gasteiger partial charge in [-0.15, -0.1) is 22.7 Å². The van der Waals surface area contributed by atoms with E-state index in [9.17, 15) is 0 Å². The SMILES string of the molecule is c1ccc2nc3c(nc2c1)c1cc2sc4cc(-c5ccc6c(c5)sc5ccccc56)ccc4c2c2c4ccccc4n3c12. The molecule has 0 radical (unpaired) electrons. The molecule has 0 amide bonds. The first-order valence-electron chi connectivity index (χ1n) is 14.4. The van der Waals surface area contributed by atoms with Gasteiger partial charge in [-0.25, -0.2) is 9.97 Å². The van der Waals surface area contributed by atoms with Crippen molar-refractivity contribution >= 4 is 112 Å². The number of para-hydroxylation sites is 3. The van der Waals surface area contributed by atoms with Crippen molar-refractivity contribution in [1.82, 2.24) is 14.4 Å². The molecule has 0 saturated carbocycles. The van der Waals surface area contributed by atoms with E-state index < -0.39 is 0 Å². The second-order valence-electron chi connectivity index (χ2n) is 11.4. The van der Waals surface area contributed by atoms with E-state index in [1.807, 2.05) is 34.8 Å². The molecule has 198 valence electrons. The summed E-state index contributed by atoms with van der Waals surface area (Å²) in [6, 6.07) is 41.9. The third kappa shape index (κ3) is 2.84. The summed E-state index contributed by atoms with van der Waals surface area (Å²) in [4.78, 5) is 10.3. The van der Waals surface area contributed by atoms with Gasteiger partial charge in [0.05, 0.1) is 22.1 Å². The second-order valence-corrected chi connectivity index (χ2v) is 13.5. The minimum Gasteiger partial charge on any atom is -0.291 e. The first-order valence-corrected chi connectivity index (χ1v) is 16.1. The van der Waals surface area contributed by atoms with Gasteiger partial charge in [0.25, 0.3) is 0 Å². The summed E-state index contributed by atoms with van der Waals surface area (Å²) in [5.74, 6) is 0. The van der Waals surface area contributed by atoms with Gasteiger partial charge in [0, 0.05) is 56.5 Å². The van der Waals surface area contributed by atoms with E-state index in [0.29, 0.717) is 0 Å². The van der Waals surface area contributed by atoms with E-state index in [4.69, 9.17) is 9.97 Å². The predicted octanol–water partition coefficient (Wildman–Crippen LogP) is 11.2. The fourth-order valence-electron chi connectivity index (χ4n) is 7.24. The summed E-state index contributed by atoms with van der Waals surface area (Å²) in [6.07, 6.45) is 0. The second kappa shape index (κ2) is 7.84. The van der Waals surface area contributed by atoms with Crippen molar-refractivity contribution < 1.29 is 0 Å². The molecule has 0 spiro atoms. The van der Waals surface area contributed by atoms with E-state index in [2.05, 4.69) is 108 Å². The zero-order valence-corrected chi connectivity index (χ0v) is 24.3. The molecule has 6 aromatic carbocycles. The van der Waals surface area contributed by atoms with Crippen molar-refractivity contribution in [3.8, 4) is 11.1 Å². The van der Waals surface area contributed by atoms with Crippen LogP contribution in [0.1, 0.15) is 0 Å². The maximum Gasteiger partial charge on any atom is 0.165 e. The van der Waals surface area contributed by atoms with Crippen molar-refractivity contribution in [2.75, 3.05) is 0 Å². The van der Waals surface area contributed by atoms with Gasteiger partial charge >= 0.3 is 0 Å². The van der Waals surface area contributed by atoms with Gasteiger partial charge in [0.2, 0.25) is 0 Å². The highest BCUT2D eigenvalue weighted by Gasteiger charge is 2.24. The average Bonchev–Trinajstić information content (AvgIpc) is 3.78. The number of aromatic nitrogens is 3. The smallest absolute Gasteiger partial charge is 0.165 e. The third-order valence-electron chi connectivity index (χ3n) is 9.10. The number of benzene rings is 6. The number of nitrogens with zero attached hydrogens (tertiary/aromatic N) is 3. The summed E-state index contributed by atoms with van der Waals surface area (Å²) >= 11 is 3.76. The zero-order chi connectivity index (χ0) is 27.8. The quantitative estimate of drug-likeness (QED) is 0.193. The molecule has 0 aliphatic carbocycles. The van der Waals surface area contributed by atoms with Crippen LogP contribution in [0.2, 0.25) is 0 Å². The molecule has 0 saturated heterocycles. The molecule has 0 bridgehead atoms. The molecule has 11 rings (SSSR count). The van der Waals surface area contributed by atoms with Crippen LogP contribution in [0.25, 0.3) is 101 Å². The number of hydrogen-bond donors (Lipinski definition) is 0. The first-order chi connectivity index (χ1) is 21.3. The van der Waals surface area contributed by atoms with Crippen LogP contribution in [-0.4, -0.2) is 14.4 Å². The maximum atomic E-state index is 5.15. The van der Waals surface area contributed by atoms with Crippen LogP contribution in [0.3, 0.4) is 0 Å². The Morgan fingerprint density at radius 2 is 1.12 bits per heavy atom. The highest BCUT2D eigenvalue weighted by atomic mass is 32.1. The fourth-order valence-corrected chi connectivity index (χ4v) is 9.57. The van der Waals surface area contributed by atoms with Crippen molar-refractivity contribution in [1.29, 1.82) is 0 Å². The van der Waals surface area contributed by atoms with E-state index in [1.54, 1.807) is 0 Å². The van der Waals surface area contributed by atoms with Crippen LogP contribution in [0.15, 0.2) is 115 Å². The normalized spacial score (nSPS) is 12.7. The molecule has 5 heterocycles.